The first-order valence-electron chi connectivity index (χ1n) is 33.4. The lowest BCUT2D eigenvalue weighted by Gasteiger charge is -2.09. The molecule has 0 saturated heterocycles. The number of nitrogens with two attached hydrogens (primary N) is 1. The van der Waals surface area contributed by atoms with Gasteiger partial charge in [-0.15, -0.1) is 0 Å². The normalized spacial score (nSPS) is 10.7. The SMILES string of the molecule is COc1ccc(C(=O)/C=C/c2cccnc2Nc2ccc(O)cc2)cc1.COc1ccc(C(=O)/C=C/c2cccnc2Nc2ccc(O)cc2)cc1N.COc1ccc(C(=O)/C=C/c2cccnc2Nc2ccc(O)cc2)cc1OC.COc1ccc(C(=O)/C=C/c2cccnc2Nc2ccc(O)cc2)cc1[N+](=O)[O-]. The number of methoxy groups -OCH3 is 5. The van der Waals surface area contributed by atoms with Gasteiger partial charge in [0, 0.05) is 98.1 Å². The van der Waals surface area contributed by atoms with Crippen LogP contribution in [0.2, 0.25) is 0 Å². The summed E-state index contributed by atoms with van der Waals surface area (Å²) in [5, 5.41) is 61.3. The van der Waals surface area contributed by atoms with Crippen LogP contribution in [0.5, 0.6) is 51.7 Å². The molecule has 0 spiro atoms. The number of nitro groups is 1. The van der Waals surface area contributed by atoms with E-state index < -0.39 is 10.7 Å². The van der Waals surface area contributed by atoms with Gasteiger partial charge < -0.3 is 71.1 Å². The van der Waals surface area contributed by atoms with Crippen molar-refractivity contribution in [3.63, 3.8) is 0 Å². The zero-order chi connectivity index (χ0) is 78.3. The minimum absolute atomic E-state index is 0.0863. The lowest BCUT2D eigenvalue weighted by molar-refractivity contribution is -0.385. The minimum atomic E-state index is -0.597. The van der Waals surface area contributed by atoms with Gasteiger partial charge in [-0.3, -0.25) is 29.3 Å². The molecule has 12 rings (SSSR count). The number of ether oxygens (including phenoxy) is 5. The number of aromatic nitrogens is 4. The van der Waals surface area contributed by atoms with E-state index in [1.165, 1.54) is 63.8 Å². The molecule has 0 amide bonds. The molecular formula is C85H74N10O15. The Balaban J connectivity index is 0.000000169. The summed E-state index contributed by atoms with van der Waals surface area (Å²) < 4.78 is 25.6. The summed E-state index contributed by atoms with van der Waals surface area (Å²) in [5.74, 6) is 4.60. The van der Waals surface area contributed by atoms with Gasteiger partial charge in [-0.2, -0.15) is 0 Å². The number of aromatic hydroxyl groups is 4. The number of nitrogens with one attached hydrogen (secondary N) is 4. The van der Waals surface area contributed by atoms with Crippen molar-refractivity contribution < 1.29 is 68.2 Å². The molecule has 0 aliphatic carbocycles. The van der Waals surface area contributed by atoms with E-state index in [0.29, 0.717) is 79.9 Å². The maximum Gasteiger partial charge on any atom is 0.311 e. The van der Waals surface area contributed by atoms with Crippen molar-refractivity contribution in [2.24, 2.45) is 0 Å². The van der Waals surface area contributed by atoms with Crippen LogP contribution in [0, 0.1) is 10.1 Å². The number of benzene rings is 8. The number of nitro benzene ring substituents is 1. The zero-order valence-electron chi connectivity index (χ0n) is 59.9. The summed E-state index contributed by atoms with van der Waals surface area (Å²) >= 11 is 0. The number of nitrogen functional groups attached to an aromatic ring is 1. The molecule has 12 aromatic rings. The van der Waals surface area contributed by atoms with Crippen LogP contribution in [-0.4, -0.2) is 104 Å². The second-order valence-electron chi connectivity index (χ2n) is 23.1. The molecule has 4 heterocycles. The molecular weight excluding hydrogens is 1400 g/mol. The van der Waals surface area contributed by atoms with Crippen LogP contribution in [0.15, 0.2) is 274 Å². The Hall–Kier alpha value is -15.4. The molecule has 0 aliphatic rings. The summed E-state index contributed by atoms with van der Waals surface area (Å²) in [7, 11) is 7.51. The molecule has 25 heteroatoms. The first-order chi connectivity index (χ1) is 53.3. The monoisotopic (exact) mass is 1470 g/mol. The molecule has 10 N–H and O–H groups in total. The number of rotatable bonds is 26. The van der Waals surface area contributed by atoms with Crippen LogP contribution < -0.4 is 50.7 Å². The van der Waals surface area contributed by atoms with Crippen molar-refractivity contribution in [3.8, 4) is 51.7 Å². The van der Waals surface area contributed by atoms with Gasteiger partial charge in [0.1, 0.15) is 57.8 Å². The highest BCUT2D eigenvalue weighted by molar-refractivity contribution is 6.10. The molecule has 0 saturated carbocycles. The molecule has 554 valence electrons. The van der Waals surface area contributed by atoms with Crippen molar-refractivity contribution >= 4 is 105 Å². The standard InChI is InChI=1S/C22H20N2O4.C21H17N3O5.C21H19N3O3.C21H18N2O3/c1-27-20-12-6-16(14-21(20)28-2)19(26)11-5-15-4-3-13-23-22(15)24-17-7-9-18(25)10-8-17;1-29-20-11-5-15(13-18(20)24(27)28)19(26)10-4-14-3-2-12-22-21(14)23-16-6-8-17(25)9-7-16;1-27-20-11-5-15(13-18(20)22)19(26)10-4-14-3-2-12-23-21(14)24-16-6-8-17(25)9-7-16;1-26-19-11-4-15(5-12-19)20(25)13-6-16-3-2-14-22-21(16)23-17-7-9-18(24)10-8-17/h3-14,25H,1-2H3,(H,23,24);2-13,25H,1H3,(H,22,23);2-13,25H,22H2,1H3,(H,23,24);2-14,24H,1H3,(H,22,23)/b11-5+;2*10-4+;13-6+. The second kappa shape index (κ2) is 39.5. The van der Waals surface area contributed by atoms with Gasteiger partial charge in [-0.1, -0.05) is 0 Å². The van der Waals surface area contributed by atoms with E-state index >= 15 is 0 Å². The fraction of sp³-hybridized carbons (Fsp3) is 0.0588. The van der Waals surface area contributed by atoms with Crippen LogP contribution in [-0.2, 0) is 0 Å². The Morgan fingerprint density at radius 2 is 0.645 bits per heavy atom. The number of nitrogens with zero attached hydrogens (tertiary/aromatic N) is 5. The predicted octanol–water partition coefficient (Wildman–Crippen LogP) is 17.2. The molecule has 0 fully saturated rings. The Labute approximate surface area is 632 Å². The number of carbonyl (C=O) groups is 4. The van der Waals surface area contributed by atoms with E-state index in [-0.39, 0.29) is 57.3 Å². The highest BCUT2D eigenvalue weighted by atomic mass is 16.6. The number of allylic oxidation sites excluding steroid dienone is 4. The molecule has 0 radical (unpaired) electrons. The van der Waals surface area contributed by atoms with E-state index in [1.54, 1.807) is 251 Å². The zero-order valence-corrected chi connectivity index (χ0v) is 59.9. The average molecular weight is 1480 g/mol. The topological polar surface area (TPSA) is 364 Å². The summed E-state index contributed by atoms with van der Waals surface area (Å²) in [6, 6.07) is 61.9. The van der Waals surface area contributed by atoms with E-state index in [1.807, 2.05) is 18.2 Å². The maximum absolute atomic E-state index is 12.5. The third kappa shape index (κ3) is 23.0. The van der Waals surface area contributed by atoms with Crippen molar-refractivity contribution in [2.75, 3.05) is 62.5 Å². The number of carbonyl (C=O) groups excluding carboxylic acids is 4. The number of hydrogen-bond acceptors (Lipinski definition) is 24. The van der Waals surface area contributed by atoms with Gasteiger partial charge in [0.2, 0.25) is 0 Å². The summed E-state index contributed by atoms with van der Waals surface area (Å²) in [5.41, 5.74) is 13.7. The summed E-state index contributed by atoms with van der Waals surface area (Å²) in [6.07, 6.45) is 19.1. The Bertz CT molecular complexity index is 5290. The van der Waals surface area contributed by atoms with Gasteiger partial charge in [0.15, 0.2) is 40.4 Å². The molecule has 0 bridgehead atoms. The number of hydrogen-bond donors (Lipinski definition) is 9. The minimum Gasteiger partial charge on any atom is -0.508 e. The number of phenolic OH excluding ortho intramolecular Hbond substituents is 4. The number of anilines is 9. The molecule has 110 heavy (non-hydrogen) atoms. The second-order valence-corrected chi connectivity index (χ2v) is 23.1. The van der Waals surface area contributed by atoms with Gasteiger partial charge in [0.05, 0.1) is 46.2 Å². The molecule has 0 aliphatic heterocycles. The quantitative estimate of drug-likeness (QED) is 0.00607. The van der Waals surface area contributed by atoms with E-state index in [9.17, 15) is 49.7 Å². The smallest absolute Gasteiger partial charge is 0.311 e. The molecule has 4 aromatic heterocycles. The van der Waals surface area contributed by atoms with Gasteiger partial charge in [-0.05, 0) is 267 Å². The van der Waals surface area contributed by atoms with Crippen molar-refractivity contribution in [1.82, 2.24) is 19.9 Å². The summed E-state index contributed by atoms with van der Waals surface area (Å²) in [4.78, 5) is 77.5. The molecule has 25 nitrogen and oxygen atoms in total. The molecule has 0 unspecified atom stereocenters. The fourth-order valence-electron chi connectivity index (χ4n) is 10.0. The van der Waals surface area contributed by atoms with E-state index in [0.717, 1.165) is 33.8 Å². The van der Waals surface area contributed by atoms with E-state index in [4.69, 9.17) is 29.4 Å². The van der Waals surface area contributed by atoms with Crippen molar-refractivity contribution in [3.05, 3.63) is 328 Å². The van der Waals surface area contributed by atoms with Crippen LogP contribution in [0.4, 0.5) is 57.4 Å². The summed E-state index contributed by atoms with van der Waals surface area (Å²) in [6.45, 7) is 0. The first kappa shape index (κ1) is 78.7. The lowest BCUT2D eigenvalue weighted by atomic mass is 10.1. The van der Waals surface area contributed by atoms with Gasteiger partial charge >= 0.3 is 5.69 Å². The van der Waals surface area contributed by atoms with Crippen molar-refractivity contribution in [1.29, 1.82) is 0 Å². The number of ketones is 4. The first-order valence-corrected chi connectivity index (χ1v) is 33.4. The largest absolute Gasteiger partial charge is 0.508 e. The maximum atomic E-state index is 12.5. The van der Waals surface area contributed by atoms with Crippen LogP contribution >= 0.6 is 0 Å². The Morgan fingerprint density at radius 3 is 0.955 bits per heavy atom. The van der Waals surface area contributed by atoms with Gasteiger partial charge in [-0.25, -0.2) is 19.9 Å². The third-order valence-corrected chi connectivity index (χ3v) is 15.7. The highest BCUT2D eigenvalue weighted by Gasteiger charge is 2.18. The van der Waals surface area contributed by atoms with Crippen LogP contribution in [0.1, 0.15) is 63.7 Å². The van der Waals surface area contributed by atoms with E-state index in [2.05, 4.69) is 41.2 Å². The Kier molecular flexibility index (Phi) is 28.2. The van der Waals surface area contributed by atoms with Crippen LogP contribution in [0.3, 0.4) is 0 Å². The number of pyridine rings is 4. The fourth-order valence-corrected chi connectivity index (χ4v) is 10.0. The third-order valence-electron chi connectivity index (χ3n) is 15.7. The highest BCUT2D eigenvalue weighted by Crippen LogP contribution is 2.32. The average Bonchev–Trinajstić information content (AvgIpc) is 0.837. The predicted molar refractivity (Wildman–Crippen MR) is 426 cm³/mol. The Morgan fingerprint density at radius 1 is 0.355 bits per heavy atom. The van der Waals surface area contributed by atoms with Crippen LogP contribution in [0.25, 0.3) is 24.3 Å². The van der Waals surface area contributed by atoms with Gasteiger partial charge in [0.25, 0.3) is 0 Å². The molecule has 0 atom stereocenters. The van der Waals surface area contributed by atoms with Crippen molar-refractivity contribution in [2.45, 2.75) is 0 Å². The lowest BCUT2D eigenvalue weighted by Crippen LogP contribution is -2.00. The number of phenols is 4. The molecule has 8 aromatic carbocycles.